The van der Waals surface area contributed by atoms with Gasteiger partial charge in [-0.15, -0.1) is 11.3 Å². The predicted molar refractivity (Wildman–Crippen MR) is 111 cm³/mol. The van der Waals surface area contributed by atoms with Gasteiger partial charge in [0.1, 0.15) is 6.10 Å². The third-order valence-corrected chi connectivity index (χ3v) is 5.78. The predicted octanol–water partition coefficient (Wildman–Crippen LogP) is 2.02. The third kappa shape index (κ3) is 7.80. The van der Waals surface area contributed by atoms with E-state index < -0.39 is 6.10 Å². The number of aliphatic hydroxyl groups is 1. The molecule has 2 rings (SSSR count). The molecular weight excluding hydrogens is 370 g/mol. The SMILES string of the molecule is CCNC(=NCC(O)c1ccc(Cl)s1)NCCCN1CCCN(C)CC1. The highest BCUT2D eigenvalue weighted by molar-refractivity contribution is 7.16. The molecular formula is C18H32ClN5OS. The van der Waals surface area contributed by atoms with E-state index in [1.54, 1.807) is 6.07 Å². The standard InChI is InChI=1S/C18H32ClN5OS/c1-3-20-18(22-14-15(25)16-6-7-17(19)26-16)21-8-4-10-24-11-5-9-23(2)12-13-24/h6-7,15,25H,3-5,8-14H2,1-2H3,(H2,20,21,22). The number of thiophene rings is 1. The molecule has 1 aliphatic rings. The van der Waals surface area contributed by atoms with Crippen molar-refractivity contribution in [2.45, 2.75) is 25.9 Å². The van der Waals surface area contributed by atoms with E-state index in [2.05, 4.69) is 32.5 Å². The van der Waals surface area contributed by atoms with Crippen molar-refractivity contribution in [1.82, 2.24) is 20.4 Å². The highest BCUT2D eigenvalue weighted by atomic mass is 35.5. The third-order valence-electron chi connectivity index (χ3n) is 4.44. The molecule has 0 aliphatic carbocycles. The van der Waals surface area contributed by atoms with Crippen molar-refractivity contribution in [1.29, 1.82) is 0 Å². The molecule has 26 heavy (non-hydrogen) atoms. The van der Waals surface area contributed by atoms with Crippen LogP contribution < -0.4 is 10.6 Å². The lowest BCUT2D eigenvalue weighted by Gasteiger charge is -2.20. The van der Waals surface area contributed by atoms with Gasteiger partial charge in [-0.3, -0.25) is 4.99 Å². The van der Waals surface area contributed by atoms with Gasteiger partial charge in [-0.1, -0.05) is 11.6 Å². The summed E-state index contributed by atoms with van der Waals surface area (Å²) in [6, 6.07) is 3.66. The number of nitrogens with one attached hydrogen (secondary N) is 2. The average molecular weight is 402 g/mol. The molecule has 0 spiro atoms. The molecule has 0 aromatic carbocycles. The smallest absolute Gasteiger partial charge is 0.191 e. The summed E-state index contributed by atoms with van der Waals surface area (Å²) in [5.41, 5.74) is 0. The molecule has 1 aromatic heterocycles. The zero-order valence-electron chi connectivity index (χ0n) is 15.9. The first-order chi connectivity index (χ1) is 12.6. The Morgan fingerprint density at radius 1 is 1.31 bits per heavy atom. The Balaban J connectivity index is 1.71. The minimum absolute atomic E-state index is 0.324. The van der Waals surface area contributed by atoms with Gasteiger partial charge < -0.3 is 25.5 Å². The summed E-state index contributed by atoms with van der Waals surface area (Å²) in [4.78, 5) is 10.3. The monoisotopic (exact) mass is 401 g/mol. The minimum Gasteiger partial charge on any atom is -0.386 e. The molecule has 3 N–H and O–H groups in total. The molecule has 6 nitrogen and oxygen atoms in total. The molecule has 1 unspecified atom stereocenters. The van der Waals surface area contributed by atoms with E-state index in [0.717, 1.165) is 50.0 Å². The van der Waals surface area contributed by atoms with Gasteiger partial charge in [-0.05, 0) is 58.6 Å². The summed E-state index contributed by atoms with van der Waals surface area (Å²) >= 11 is 7.32. The first-order valence-corrected chi connectivity index (χ1v) is 10.6. The number of nitrogens with zero attached hydrogens (tertiary/aromatic N) is 3. The Morgan fingerprint density at radius 3 is 2.88 bits per heavy atom. The second-order valence-electron chi connectivity index (χ2n) is 6.66. The maximum Gasteiger partial charge on any atom is 0.191 e. The topological polar surface area (TPSA) is 63.1 Å². The maximum absolute atomic E-state index is 10.2. The number of halogens is 1. The van der Waals surface area contributed by atoms with Crippen molar-refractivity contribution in [2.24, 2.45) is 4.99 Å². The number of guanidine groups is 1. The Labute approximate surface area is 166 Å². The molecule has 1 aromatic rings. The van der Waals surface area contributed by atoms with Crippen LogP contribution in [0.4, 0.5) is 0 Å². The average Bonchev–Trinajstić information content (AvgIpc) is 2.95. The summed E-state index contributed by atoms with van der Waals surface area (Å²) in [6.45, 7) is 9.84. The number of hydrogen-bond acceptors (Lipinski definition) is 5. The molecule has 0 bridgehead atoms. The molecule has 1 saturated heterocycles. The van der Waals surface area contributed by atoms with Gasteiger partial charge in [0, 0.05) is 31.1 Å². The number of likely N-dealkylation sites (N-methyl/N-ethyl adjacent to an activating group) is 1. The Bertz CT molecular complexity index is 553. The highest BCUT2D eigenvalue weighted by Gasteiger charge is 2.12. The van der Waals surface area contributed by atoms with Gasteiger partial charge in [-0.25, -0.2) is 0 Å². The number of hydrogen-bond donors (Lipinski definition) is 3. The van der Waals surface area contributed by atoms with E-state index in [4.69, 9.17) is 11.6 Å². The van der Waals surface area contributed by atoms with Gasteiger partial charge in [0.25, 0.3) is 0 Å². The van der Waals surface area contributed by atoms with Crippen LogP contribution in [-0.4, -0.2) is 80.3 Å². The second-order valence-corrected chi connectivity index (χ2v) is 8.40. The van der Waals surface area contributed by atoms with Crippen LogP contribution in [0.25, 0.3) is 0 Å². The van der Waals surface area contributed by atoms with Crippen molar-refractivity contribution < 1.29 is 5.11 Å². The first kappa shape index (κ1) is 21.4. The van der Waals surface area contributed by atoms with Crippen molar-refractivity contribution in [2.75, 3.05) is 59.4 Å². The fraction of sp³-hybridized carbons (Fsp3) is 0.722. The van der Waals surface area contributed by atoms with Crippen molar-refractivity contribution in [3.63, 3.8) is 0 Å². The van der Waals surface area contributed by atoms with Crippen LogP contribution in [0.2, 0.25) is 4.34 Å². The fourth-order valence-corrected chi connectivity index (χ4v) is 3.99. The van der Waals surface area contributed by atoms with Crippen LogP contribution in [0.3, 0.4) is 0 Å². The van der Waals surface area contributed by atoms with E-state index in [1.807, 2.05) is 13.0 Å². The lowest BCUT2D eigenvalue weighted by Crippen LogP contribution is -2.39. The van der Waals surface area contributed by atoms with Crippen molar-refractivity contribution in [3.05, 3.63) is 21.3 Å². The molecule has 0 amide bonds. The number of rotatable bonds is 8. The lowest BCUT2D eigenvalue weighted by atomic mass is 10.3. The summed E-state index contributed by atoms with van der Waals surface area (Å²) in [5.74, 6) is 0.754. The Morgan fingerprint density at radius 2 is 2.15 bits per heavy atom. The van der Waals surface area contributed by atoms with Gasteiger partial charge in [0.15, 0.2) is 5.96 Å². The zero-order chi connectivity index (χ0) is 18.8. The molecule has 8 heteroatoms. The summed E-state index contributed by atoms with van der Waals surface area (Å²) in [5, 5.41) is 16.8. The van der Waals surface area contributed by atoms with E-state index >= 15 is 0 Å². The normalized spacial score (nSPS) is 18.5. The highest BCUT2D eigenvalue weighted by Crippen LogP contribution is 2.26. The molecule has 2 heterocycles. The van der Waals surface area contributed by atoms with Gasteiger partial charge in [0.05, 0.1) is 10.9 Å². The number of aliphatic hydroxyl groups excluding tert-OH is 1. The van der Waals surface area contributed by atoms with Gasteiger partial charge >= 0.3 is 0 Å². The Kier molecular flexibility index (Phi) is 9.71. The minimum atomic E-state index is -0.614. The first-order valence-electron chi connectivity index (χ1n) is 9.45. The van der Waals surface area contributed by atoms with Gasteiger partial charge in [-0.2, -0.15) is 0 Å². The Hall–Kier alpha value is -0.860. The largest absolute Gasteiger partial charge is 0.386 e. The molecule has 1 atom stereocenters. The van der Waals surface area contributed by atoms with E-state index in [-0.39, 0.29) is 0 Å². The van der Waals surface area contributed by atoms with Crippen molar-refractivity contribution in [3.8, 4) is 0 Å². The quantitative estimate of drug-likeness (QED) is 0.353. The van der Waals surface area contributed by atoms with Crippen molar-refractivity contribution >= 4 is 28.9 Å². The van der Waals surface area contributed by atoms with E-state index in [9.17, 15) is 5.11 Å². The molecule has 148 valence electrons. The summed E-state index contributed by atoms with van der Waals surface area (Å²) in [7, 11) is 2.20. The van der Waals surface area contributed by atoms with Crippen LogP contribution in [0, 0.1) is 0 Å². The lowest BCUT2D eigenvalue weighted by molar-refractivity contribution is 0.191. The van der Waals surface area contributed by atoms with E-state index in [0.29, 0.717) is 10.9 Å². The molecule has 1 fully saturated rings. The second kappa shape index (κ2) is 11.8. The van der Waals surface area contributed by atoms with Gasteiger partial charge in [0.2, 0.25) is 0 Å². The maximum atomic E-state index is 10.2. The number of aliphatic imine (C=N–C) groups is 1. The summed E-state index contributed by atoms with van der Waals surface area (Å²) in [6.07, 6.45) is 1.72. The molecule has 1 aliphatic heterocycles. The van der Waals surface area contributed by atoms with Crippen LogP contribution in [0.15, 0.2) is 17.1 Å². The zero-order valence-corrected chi connectivity index (χ0v) is 17.5. The molecule has 0 saturated carbocycles. The fourth-order valence-electron chi connectivity index (χ4n) is 2.95. The van der Waals surface area contributed by atoms with Crippen LogP contribution in [0.1, 0.15) is 30.7 Å². The summed E-state index contributed by atoms with van der Waals surface area (Å²) < 4.78 is 0.688. The van der Waals surface area contributed by atoms with E-state index in [1.165, 1.54) is 30.8 Å². The molecule has 0 radical (unpaired) electrons. The van der Waals surface area contributed by atoms with Crippen LogP contribution >= 0.6 is 22.9 Å². The van der Waals surface area contributed by atoms with Crippen LogP contribution in [-0.2, 0) is 0 Å². The van der Waals surface area contributed by atoms with Crippen LogP contribution in [0.5, 0.6) is 0 Å².